The number of nitrogens with one attached hydrogen (secondary N) is 1. The molecule has 248 valence electrons. The van der Waals surface area contributed by atoms with Gasteiger partial charge in [0.05, 0.1) is 32.7 Å². The number of ether oxygens (including phenoxy) is 1. The summed E-state index contributed by atoms with van der Waals surface area (Å²) in [7, 11) is -3.34. The van der Waals surface area contributed by atoms with Crippen LogP contribution >= 0.6 is 34.8 Å². The Hall–Kier alpha value is -3.58. The van der Waals surface area contributed by atoms with Gasteiger partial charge in [0.2, 0.25) is 11.8 Å². The minimum atomic E-state index is -4.66. The van der Waals surface area contributed by atoms with E-state index >= 15 is 0 Å². The second-order valence-corrected chi connectivity index (χ2v) is 13.7. The van der Waals surface area contributed by atoms with Gasteiger partial charge in [-0.3, -0.25) is 24.0 Å². The fraction of sp³-hybridized carbons (Fsp3) is 0.355. The standard InChI is InChI=1S/C31H35Cl3N4O7S/c1-6-20(4)35-31(40)26(7-2)36(17-21-9-12-24(33)25(34)14-21)30(39)18-37(28-15-22(32)10-13-29(28)45-5)46(43,44)23-11-8-19(3)27(16-23)38(41)42/h8-16,20,26H,6-7,17-18H2,1-5H3,(H,35,40)/t20-,26-/m0/s1. The highest BCUT2D eigenvalue weighted by Gasteiger charge is 2.36. The lowest BCUT2D eigenvalue weighted by molar-refractivity contribution is -0.385. The number of hydrogen-bond donors (Lipinski definition) is 1. The molecule has 46 heavy (non-hydrogen) atoms. The van der Waals surface area contributed by atoms with Crippen LogP contribution in [0.1, 0.15) is 44.7 Å². The summed E-state index contributed by atoms with van der Waals surface area (Å²) in [6.45, 7) is 6.02. The molecule has 15 heteroatoms. The van der Waals surface area contributed by atoms with Crippen LogP contribution in [0.15, 0.2) is 59.5 Å². The van der Waals surface area contributed by atoms with E-state index in [1.807, 2.05) is 13.8 Å². The van der Waals surface area contributed by atoms with Gasteiger partial charge in [-0.25, -0.2) is 8.42 Å². The highest BCUT2D eigenvalue weighted by molar-refractivity contribution is 7.92. The zero-order chi connectivity index (χ0) is 34.3. The smallest absolute Gasteiger partial charge is 0.273 e. The number of carbonyl (C=O) groups is 2. The predicted octanol–water partition coefficient (Wildman–Crippen LogP) is 6.79. The van der Waals surface area contributed by atoms with E-state index in [1.165, 1.54) is 49.3 Å². The van der Waals surface area contributed by atoms with Gasteiger partial charge >= 0.3 is 0 Å². The Morgan fingerprint density at radius 2 is 1.70 bits per heavy atom. The number of amides is 2. The molecular weight excluding hydrogens is 679 g/mol. The predicted molar refractivity (Wildman–Crippen MR) is 179 cm³/mol. The number of sulfonamides is 1. The van der Waals surface area contributed by atoms with E-state index in [9.17, 15) is 28.1 Å². The largest absolute Gasteiger partial charge is 0.495 e. The van der Waals surface area contributed by atoms with E-state index in [0.29, 0.717) is 17.0 Å². The first-order valence-corrected chi connectivity index (χ1v) is 16.9. The number of benzene rings is 3. The molecule has 1 N–H and O–H groups in total. The topological polar surface area (TPSA) is 139 Å². The Balaban J connectivity index is 2.20. The van der Waals surface area contributed by atoms with Crippen molar-refractivity contribution >= 4 is 68.0 Å². The summed E-state index contributed by atoms with van der Waals surface area (Å²) < 4.78 is 34.8. The van der Waals surface area contributed by atoms with Crippen LogP contribution in [0.25, 0.3) is 0 Å². The summed E-state index contributed by atoms with van der Waals surface area (Å²) in [5.41, 5.74) is 0.289. The van der Waals surface area contributed by atoms with E-state index in [0.717, 1.165) is 10.4 Å². The number of nitrogens with zero attached hydrogens (tertiary/aromatic N) is 3. The average Bonchev–Trinajstić information content (AvgIpc) is 3.01. The quantitative estimate of drug-likeness (QED) is 0.143. The van der Waals surface area contributed by atoms with Crippen molar-refractivity contribution in [2.75, 3.05) is 18.0 Å². The molecule has 0 aliphatic rings. The van der Waals surface area contributed by atoms with Gasteiger partial charge in [0, 0.05) is 29.2 Å². The van der Waals surface area contributed by atoms with Gasteiger partial charge in [0.15, 0.2) is 0 Å². The second-order valence-electron chi connectivity index (χ2n) is 10.5. The van der Waals surface area contributed by atoms with Gasteiger partial charge < -0.3 is 15.0 Å². The number of methoxy groups -OCH3 is 1. The van der Waals surface area contributed by atoms with Gasteiger partial charge in [0.25, 0.3) is 15.7 Å². The molecule has 2 amide bonds. The zero-order valence-electron chi connectivity index (χ0n) is 25.9. The molecule has 0 heterocycles. The maximum absolute atomic E-state index is 14.3. The van der Waals surface area contributed by atoms with E-state index in [4.69, 9.17) is 39.5 Å². The SMILES string of the molecule is CC[C@H](C)NC(=O)[C@H](CC)N(Cc1ccc(Cl)c(Cl)c1)C(=O)CN(c1cc(Cl)ccc1OC)S(=O)(=O)c1ccc(C)c([N+](=O)[O-])c1. The number of nitro groups is 1. The Morgan fingerprint density at radius 3 is 2.28 bits per heavy atom. The minimum Gasteiger partial charge on any atom is -0.495 e. The number of rotatable bonds is 14. The third kappa shape index (κ3) is 8.61. The van der Waals surface area contributed by atoms with Crippen LogP contribution in [0.5, 0.6) is 5.75 Å². The molecule has 0 spiro atoms. The number of nitro benzene ring substituents is 1. The summed E-state index contributed by atoms with van der Waals surface area (Å²) in [6.07, 6.45) is 0.846. The summed E-state index contributed by atoms with van der Waals surface area (Å²) in [5.74, 6) is -1.10. The average molecular weight is 714 g/mol. The van der Waals surface area contributed by atoms with Gasteiger partial charge in [-0.15, -0.1) is 0 Å². The molecule has 0 aliphatic carbocycles. The van der Waals surface area contributed by atoms with Crippen LogP contribution in [0, 0.1) is 17.0 Å². The van der Waals surface area contributed by atoms with Crippen LogP contribution in [-0.4, -0.2) is 55.8 Å². The van der Waals surface area contributed by atoms with Gasteiger partial charge in [-0.2, -0.15) is 0 Å². The molecule has 2 atom stereocenters. The highest BCUT2D eigenvalue weighted by atomic mass is 35.5. The van der Waals surface area contributed by atoms with E-state index in [2.05, 4.69) is 5.32 Å². The second kappa shape index (κ2) is 15.8. The van der Waals surface area contributed by atoms with Crippen molar-refractivity contribution < 1.29 is 27.7 Å². The third-order valence-electron chi connectivity index (χ3n) is 7.38. The summed E-state index contributed by atoms with van der Waals surface area (Å²) in [4.78, 5) is 39.6. The molecule has 0 fully saturated rings. The lowest BCUT2D eigenvalue weighted by Gasteiger charge is -2.34. The number of aryl methyl sites for hydroxylation is 1. The monoisotopic (exact) mass is 712 g/mol. The van der Waals surface area contributed by atoms with E-state index in [1.54, 1.807) is 25.1 Å². The first-order chi connectivity index (χ1) is 21.6. The molecule has 0 radical (unpaired) electrons. The molecule has 0 unspecified atom stereocenters. The van der Waals surface area contributed by atoms with Gasteiger partial charge in [-0.05, 0) is 68.7 Å². The molecule has 3 rings (SSSR count). The minimum absolute atomic E-state index is 0.0694. The van der Waals surface area contributed by atoms with Crippen molar-refractivity contribution in [2.45, 2.75) is 64.1 Å². The summed E-state index contributed by atoms with van der Waals surface area (Å²) >= 11 is 18.6. The molecule has 0 bridgehead atoms. The fourth-order valence-electron chi connectivity index (χ4n) is 4.64. The molecule has 3 aromatic carbocycles. The fourth-order valence-corrected chi connectivity index (χ4v) is 6.56. The Labute approximate surface area is 283 Å². The van der Waals surface area contributed by atoms with Crippen molar-refractivity contribution in [2.24, 2.45) is 0 Å². The van der Waals surface area contributed by atoms with Crippen molar-refractivity contribution in [3.63, 3.8) is 0 Å². The summed E-state index contributed by atoms with van der Waals surface area (Å²) in [5, 5.41) is 15.3. The maximum Gasteiger partial charge on any atom is 0.273 e. The van der Waals surface area contributed by atoms with E-state index in [-0.39, 0.29) is 46.1 Å². The van der Waals surface area contributed by atoms with Crippen molar-refractivity contribution in [3.8, 4) is 5.75 Å². The van der Waals surface area contributed by atoms with Crippen LogP contribution in [0.2, 0.25) is 15.1 Å². The Bertz CT molecular complexity index is 1720. The van der Waals surface area contributed by atoms with Gasteiger partial charge in [0.1, 0.15) is 18.3 Å². The van der Waals surface area contributed by atoms with Crippen molar-refractivity contribution in [1.82, 2.24) is 10.2 Å². The first-order valence-electron chi connectivity index (χ1n) is 14.3. The molecular formula is C31H35Cl3N4O7S. The van der Waals surface area contributed by atoms with Crippen molar-refractivity contribution in [3.05, 3.63) is 90.9 Å². The molecule has 0 saturated heterocycles. The molecule has 0 saturated carbocycles. The molecule has 0 aromatic heterocycles. The number of hydrogen-bond acceptors (Lipinski definition) is 7. The van der Waals surface area contributed by atoms with Crippen LogP contribution < -0.4 is 14.4 Å². The maximum atomic E-state index is 14.3. The molecule has 0 aliphatic heterocycles. The van der Waals surface area contributed by atoms with Gasteiger partial charge in [-0.1, -0.05) is 60.8 Å². The van der Waals surface area contributed by atoms with Crippen molar-refractivity contribution in [1.29, 1.82) is 0 Å². The zero-order valence-corrected chi connectivity index (χ0v) is 29.0. The van der Waals surface area contributed by atoms with Crippen LogP contribution in [-0.2, 0) is 26.2 Å². The number of halogens is 3. The molecule has 3 aromatic rings. The normalized spacial score (nSPS) is 12.6. The Kier molecular flexibility index (Phi) is 12.7. The highest BCUT2D eigenvalue weighted by Crippen LogP contribution is 2.36. The van der Waals surface area contributed by atoms with Crippen LogP contribution in [0.3, 0.4) is 0 Å². The Morgan fingerprint density at radius 1 is 1.00 bits per heavy atom. The number of anilines is 1. The van der Waals surface area contributed by atoms with Crippen LogP contribution in [0.4, 0.5) is 11.4 Å². The third-order valence-corrected chi connectivity index (χ3v) is 10.1. The van der Waals surface area contributed by atoms with E-state index < -0.39 is 49.9 Å². The number of carbonyl (C=O) groups excluding carboxylic acids is 2. The summed E-state index contributed by atoms with van der Waals surface area (Å²) in [6, 6.07) is 11.3. The lowest BCUT2D eigenvalue weighted by atomic mass is 10.1. The lowest BCUT2D eigenvalue weighted by Crippen LogP contribution is -2.53. The first kappa shape index (κ1) is 36.9. The molecule has 11 nitrogen and oxygen atoms in total.